The van der Waals surface area contributed by atoms with Crippen LogP contribution in [-0.2, 0) is 4.74 Å². The van der Waals surface area contributed by atoms with Crippen LogP contribution in [0, 0.1) is 37.7 Å². The van der Waals surface area contributed by atoms with Crippen molar-refractivity contribution in [2.24, 2.45) is 0 Å². The maximum Gasteiger partial charge on any atom is 0.270 e. The van der Waals surface area contributed by atoms with Crippen molar-refractivity contribution in [3.8, 4) is 0 Å². The second kappa shape index (κ2) is 17.3. The standard InChI is InChI=1S/C21H23FN4O4.C17H15F2N3O3/c22-18-3-1-2-4-20(18)23-7-9-25(10-8-23)21(27)17-15-16(26(28)29)5-6-19(17)24-11-13-30-14-12-24;18-14-6-5-12(22(24)25)11-13(14)17(23)21-9-7-20(8-10-21)16-4-2-1-3-15(16)19/h1-6,15H,7-14H2;1-6,11H,7-10H2. The Morgan fingerprint density at radius 3 is 1.40 bits per heavy atom. The van der Waals surface area contributed by atoms with Crippen molar-refractivity contribution in [2.75, 3.05) is 93.4 Å². The molecule has 3 aliphatic rings. The first kappa shape index (κ1) is 38.5. The van der Waals surface area contributed by atoms with Crippen LogP contribution in [0.1, 0.15) is 20.7 Å². The van der Waals surface area contributed by atoms with Crippen molar-refractivity contribution in [3.63, 3.8) is 0 Å². The summed E-state index contributed by atoms with van der Waals surface area (Å²) >= 11 is 0. The molecule has 3 aliphatic heterocycles. The second-order valence-electron chi connectivity index (χ2n) is 12.9. The molecule has 0 atom stereocenters. The summed E-state index contributed by atoms with van der Waals surface area (Å²) in [5.74, 6) is -2.27. The Labute approximate surface area is 314 Å². The van der Waals surface area contributed by atoms with Crippen LogP contribution in [0.2, 0.25) is 0 Å². The van der Waals surface area contributed by atoms with Gasteiger partial charge in [-0.3, -0.25) is 29.8 Å². The van der Waals surface area contributed by atoms with E-state index in [9.17, 15) is 43.0 Å². The summed E-state index contributed by atoms with van der Waals surface area (Å²) in [7, 11) is 0. The number of nitro groups is 2. The van der Waals surface area contributed by atoms with Crippen LogP contribution in [-0.4, -0.2) is 110 Å². The van der Waals surface area contributed by atoms with Gasteiger partial charge in [0.2, 0.25) is 0 Å². The first-order valence-electron chi connectivity index (χ1n) is 17.6. The van der Waals surface area contributed by atoms with Crippen LogP contribution in [0.3, 0.4) is 0 Å². The molecule has 7 rings (SSSR count). The van der Waals surface area contributed by atoms with Crippen molar-refractivity contribution < 1.29 is 37.3 Å². The van der Waals surface area contributed by atoms with Gasteiger partial charge in [-0.25, -0.2) is 13.2 Å². The third-order valence-corrected chi connectivity index (χ3v) is 9.68. The number of anilines is 3. The molecule has 0 bridgehead atoms. The molecule has 0 N–H and O–H groups in total. The fourth-order valence-corrected chi connectivity index (χ4v) is 6.74. The fraction of sp³-hybridized carbons (Fsp3) is 0.316. The van der Waals surface area contributed by atoms with E-state index in [4.69, 9.17) is 4.74 Å². The second-order valence-corrected chi connectivity index (χ2v) is 12.9. The van der Waals surface area contributed by atoms with Crippen molar-refractivity contribution in [1.82, 2.24) is 9.80 Å². The van der Waals surface area contributed by atoms with Crippen LogP contribution in [0.25, 0.3) is 0 Å². The van der Waals surface area contributed by atoms with E-state index in [1.54, 1.807) is 47.4 Å². The summed E-state index contributed by atoms with van der Waals surface area (Å²) in [5, 5.41) is 22.1. The van der Waals surface area contributed by atoms with Gasteiger partial charge in [0.1, 0.15) is 17.5 Å². The average Bonchev–Trinajstić information content (AvgIpc) is 3.21. The first-order valence-corrected chi connectivity index (χ1v) is 17.6. The predicted molar refractivity (Wildman–Crippen MR) is 198 cm³/mol. The Hall–Kier alpha value is -6.23. The predicted octanol–water partition coefficient (Wildman–Crippen LogP) is 5.37. The lowest BCUT2D eigenvalue weighted by molar-refractivity contribution is -0.385. The number of para-hydroxylation sites is 2. The molecule has 3 fully saturated rings. The van der Waals surface area contributed by atoms with Crippen LogP contribution in [0.15, 0.2) is 84.9 Å². The van der Waals surface area contributed by atoms with Gasteiger partial charge in [0.25, 0.3) is 23.2 Å². The number of hydrogen-bond donors (Lipinski definition) is 0. The summed E-state index contributed by atoms with van der Waals surface area (Å²) in [6, 6.07) is 20.2. The quantitative estimate of drug-likeness (QED) is 0.178. The Balaban J connectivity index is 0.000000190. The first-order chi connectivity index (χ1) is 26.5. The monoisotopic (exact) mass is 761 g/mol. The van der Waals surface area contributed by atoms with Crippen molar-refractivity contribution in [1.29, 1.82) is 0 Å². The number of halogens is 3. The Morgan fingerprint density at radius 2 is 0.927 bits per heavy atom. The third-order valence-electron chi connectivity index (χ3n) is 9.68. The Kier molecular flexibility index (Phi) is 12.1. The Morgan fingerprint density at radius 1 is 0.509 bits per heavy atom. The number of benzene rings is 4. The molecule has 0 spiro atoms. The van der Waals surface area contributed by atoms with E-state index in [-0.39, 0.29) is 47.6 Å². The van der Waals surface area contributed by atoms with Crippen LogP contribution in [0.5, 0.6) is 0 Å². The highest BCUT2D eigenvalue weighted by molar-refractivity contribution is 6.00. The minimum Gasteiger partial charge on any atom is -0.378 e. The maximum atomic E-state index is 14.1. The number of hydrogen-bond acceptors (Lipinski definition) is 10. The van der Waals surface area contributed by atoms with E-state index < -0.39 is 21.6 Å². The van der Waals surface area contributed by atoms with Gasteiger partial charge in [-0.05, 0) is 36.4 Å². The van der Waals surface area contributed by atoms with Gasteiger partial charge >= 0.3 is 0 Å². The molecule has 0 saturated carbocycles. The number of nitrogens with zero attached hydrogens (tertiary/aromatic N) is 7. The number of carbonyl (C=O) groups excluding carboxylic acids is 2. The topological polar surface area (TPSA) is 146 Å². The molecule has 0 unspecified atom stereocenters. The highest BCUT2D eigenvalue weighted by Gasteiger charge is 2.29. The molecular weight excluding hydrogens is 723 g/mol. The van der Waals surface area contributed by atoms with Crippen LogP contribution in [0.4, 0.5) is 41.6 Å². The smallest absolute Gasteiger partial charge is 0.270 e. The van der Waals surface area contributed by atoms with E-state index in [0.717, 1.165) is 18.2 Å². The van der Waals surface area contributed by atoms with E-state index in [1.165, 1.54) is 29.2 Å². The largest absolute Gasteiger partial charge is 0.378 e. The molecule has 4 aromatic rings. The summed E-state index contributed by atoms with van der Waals surface area (Å²) in [4.78, 5) is 55.5. The summed E-state index contributed by atoms with van der Waals surface area (Å²) in [6.07, 6.45) is 0. The number of carbonyl (C=O) groups is 2. The molecule has 3 saturated heterocycles. The molecule has 3 heterocycles. The number of non-ortho nitro benzene ring substituents is 2. The van der Waals surface area contributed by atoms with Crippen molar-refractivity contribution >= 4 is 40.3 Å². The number of piperazine rings is 2. The number of ether oxygens (including phenoxy) is 1. The zero-order valence-corrected chi connectivity index (χ0v) is 29.7. The zero-order chi connectivity index (χ0) is 39.1. The van der Waals surface area contributed by atoms with E-state index in [1.807, 2.05) is 14.7 Å². The van der Waals surface area contributed by atoms with Gasteiger partial charge in [-0.1, -0.05) is 24.3 Å². The zero-order valence-electron chi connectivity index (χ0n) is 29.7. The molecule has 17 heteroatoms. The molecule has 0 radical (unpaired) electrons. The number of rotatable bonds is 7. The minimum atomic E-state index is -0.799. The van der Waals surface area contributed by atoms with Gasteiger partial charge < -0.3 is 29.2 Å². The van der Waals surface area contributed by atoms with E-state index in [0.29, 0.717) is 88.2 Å². The van der Waals surface area contributed by atoms with Crippen molar-refractivity contribution in [2.45, 2.75) is 0 Å². The van der Waals surface area contributed by atoms with Gasteiger partial charge in [0, 0.05) is 89.7 Å². The van der Waals surface area contributed by atoms with Crippen LogP contribution < -0.4 is 14.7 Å². The van der Waals surface area contributed by atoms with Crippen molar-refractivity contribution in [3.05, 3.63) is 134 Å². The lowest BCUT2D eigenvalue weighted by atomic mass is 10.1. The average molecular weight is 762 g/mol. The van der Waals surface area contributed by atoms with E-state index >= 15 is 0 Å². The lowest BCUT2D eigenvalue weighted by Gasteiger charge is -2.37. The summed E-state index contributed by atoms with van der Waals surface area (Å²) in [5.41, 5.74) is 1.21. The van der Waals surface area contributed by atoms with Gasteiger partial charge in [0.15, 0.2) is 0 Å². The van der Waals surface area contributed by atoms with Crippen LogP contribution >= 0.6 is 0 Å². The summed E-state index contributed by atoms with van der Waals surface area (Å²) in [6.45, 7) is 5.49. The van der Waals surface area contributed by atoms with E-state index in [2.05, 4.69) is 0 Å². The third kappa shape index (κ3) is 8.95. The molecule has 0 aromatic heterocycles. The minimum absolute atomic E-state index is 0.111. The fourth-order valence-electron chi connectivity index (χ4n) is 6.74. The Bertz CT molecular complexity index is 2050. The lowest BCUT2D eigenvalue weighted by Crippen LogP contribution is -2.49. The molecule has 288 valence electrons. The van der Waals surface area contributed by atoms with Gasteiger partial charge in [0.05, 0.1) is 51.2 Å². The highest BCUT2D eigenvalue weighted by Crippen LogP contribution is 2.29. The molecule has 0 aliphatic carbocycles. The highest BCUT2D eigenvalue weighted by atomic mass is 19.1. The molecular formula is C38H38F3N7O7. The molecule has 4 aromatic carbocycles. The molecule has 55 heavy (non-hydrogen) atoms. The van der Waals surface area contributed by atoms with Gasteiger partial charge in [-0.15, -0.1) is 0 Å². The maximum absolute atomic E-state index is 14.1. The molecule has 2 amide bonds. The number of amides is 2. The summed E-state index contributed by atoms with van der Waals surface area (Å²) < 4.78 is 47.2. The SMILES string of the molecule is O=C(c1cc([N+](=O)[O-])ccc1F)N1CCN(c2ccccc2F)CC1.O=C(c1cc([N+](=O)[O-])ccc1N1CCOCC1)N1CCN(c2ccccc2F)CC1. The number of morpholine rings is 1. The number of nitro benzene ring substituents is 2. The normalized spacial score (nSPS) is 15.9. The molecule has 14 nitrogen and oxygen atoms in total. The van der Waals surface area contributed by atoms with Gasteiger partial charge in [-0.2, -0.15) is 0 Å².